The van der Waals surface area contributed by atoms with Crippen molar-refractivity contribution in [2.45, 2.75) is 25.2 Å². The predicted molar refractivity (Wildman–Crippen MR) is 84.6 cm³/mol. The highest BCUT2D eigenvalue weighted by molar-refractivity contribution is 6.39. The van der Waals surface area contributed by atoms with E-state index < -0.39 is 0 Å². The Bertz CT molecular complexity index is 743. The highest BCUT2D eigenvalue weighted by Crippen LogP contribution is 2.32. The monoisotopic (exact) mass is 352 g/mol. The highest BCUT2D eigenvalue weighted by Gasteiger charge is 2.38. The quantitative estimate of drug-likeness (QED) is 0.791. The van der Waals surface area contributed by atoms with E-state index in [9.17, 15) is 4.79 Å². The molecule has 1 aromatic carbocycles. The standard InChI is InChI=1S/C15H14Cl2N4O2/c16-10-2-1-3-11(17)14(10)15(22)20-5-4-12-13(7-20)23-8-9-6-18-19-21(9)12/h1-3,6,12-13H,4-5,7-8H2/t12-,13-/m0/s1. The number of amides is 1. The van der Waals surface area contributed by atoms with Gasteiger partial charge in [-0.25, -0.2) is 4.68 Å². The number of hydrogen-bond donors (Lipinski definition) is 0. The molecule has 2 aliphatic heterocycles. The summed E-state index contributed by atoms with van der Waals surface area (Å²) in [6.45, 7) is 1.55. The summed E-state index contributed by atoms with van der Waals surface area (Å²) in [5.74, 6) is -0.160. The number of likely N-dealkylation sites (tertiary alicyclic amines) is 1. The van der Waals surface area contributed by atoms with E-state index in [-0.39, 0.29) is 18.1 Å². The zero-order valence-corrected chi connectivity index (χ0v) is 13.7. The highest BCUT2D eigenvalue weighted by atomic mass is 35.5. The van der Waals surface area contributed by atoms with E-state index in [1.54, 1.807) is 29.3 Å². The summed E-state index contributed by atoms with van der Waals surface area (Å²) < 4.78 is 7.80. The lowest BCUT2D eigenvalue weighted by Crippen LogP contribution is -2.50. The summed E-state index contributed by atoms with van der Waals surface area (Å²) in [5.41, 5.74) is 1.33. The largest absolute Gasteiger partial charge is 0.368 e. The summed E-state index contributed by atoms with van der Waals surface area (Å²) in [6.07, 6.45) is 2.38. The Kier molecular flexibility index (Phi) is 3.75. The van der Waals surface area contributed by atoms with Crippen LogP contribution in [0.3, 0.4) is 0 Å². The maximum Gasteiger partial charge on any atom is 0.256 e. The third-order valence-electron chi connectivity index (χ3n) is 4.40. The molecule has 0 saturated carbocycles. The molecule has 1 saturated heterocycles. The van der Waals surface area contributed by atoms with Gasteiger partial charge in [0.05, 0.1) is 46.3 Å². The number of piperidine rings is 1. The van der Waals surface area contributed by atoms with Gasteiger partial charge in [0.1, 0.15) is 0 Å². The Hall–Kier alpha value is -1.63. The first-order chi connectivity index (χ1) is 11.1. The second-order valence-corrected chi connectivity index (χ2v) is 6.54. The third kappa shape index (κ3) is 2.51. The van der Waals surface area contributed by atoms with Gasteiger partial charge in [-0.3, -0.25) is 4.79 Å². The van der Waals surface area contributed by atoms with Gasteiger partial charge in [-0.1, -0.05) is 34.5 Å². The van der Waals surface area contributed by atoms with Crippen molar-refractivity contribution < 1.29 is 9.53 Å². The van der Waals surface area contributed by atoms with Gasteiger partial charge in [-0.2, -0.15) is 0 Å². The van der Waals surface area contributed by atoms with Crippen LogP contribution in [0.4, 0.5) is 0 Å². The van der Waals surface area contributed by atoms with Crippen LogP contribution >= 0.6 is 23.2 Å². The molecule has 6 nitrogen and oxygen atoms in total. The van der Waals surface area contributed by atoms with Gasteiger partial charge in [-0.15, -0.1) is 5.10 Å². The fourth-order valence-electron chi connectivity index (χ4n) is 3.23. The number of halogens is 2. The minimum atomic E-state index is -0.160. The van der Waals surface area contributed by atoms with Gasteiger partial charge in [-0.05, 0) is 18.6 Å². The first kappa shape index (κ1) is 14.9. The molecule has 2 atom stereocenters. The number of carbonyl (C=O) groups is 1. The average Bonchev–Trinajstić information content (AvgIpc) is 3.03. The third-order valence-corrected chi connectivity index (χ3v) is 5.03. The molecule has 3 heterocycles. The molecule has 1 amide bonds. The molecule has 0 bridgehead atoms. The fraction of sp³-hybridized carbons (Fsp3) is 0.400. The van der Waals surface area contributed by atoms with E-state index in [2.05, 4.69) is 10.3 Å². The molecule has 120 valence electrons. The van der Waals surface area contributed by atoms with Crippen molar-refractivity contribution in [1.82, 2.24) is 19.9 Å². The van der Waals surface area contributed by atoms with Crippen LogP contribution in [0, 0.1) is 0 Å². The molecule has 0 radical (unpaired) electrons. The molecule has 0 aliphatic carbocycles. The smallest absolute Gasteiger partial charge is 0.256 e. The van der Waals surface area contributed by atoms with Gasteiger partial charge in [0.2, 0.25) is 0 Å². The number of benzene rings is 1. The molecular weight excluding hydrogens is 339 g/mol. The van der Waals surface area contributed by atoms with Gasteiger partial charge in [0.15, 0.2) is 0 Å². The zero-order valence-electron chi connectivity index (χ0n) is 12.2. The Balaban J connectivity index is 1.56. The van der Waals surface area contributed by atoms with Crippen molar-refractivity contribution in [3.63, 3.8) is 0 Å². The molecule has 23 heavy (non-hydrogen) atoms. The number of hydrogen-bond acceptors (Lipinski definition) is 4. The minimum absolute atomic E-state index is 0.0943. The van der Waals surface area contributed by atoms with Crippen LogP contribution in [0.5, 0.6) is 0 Å². The molecule has 4 rings (SSSR count). The topological polar surface area (TPSA) is 60.3 Å². The van der Waals surface area contributed by atoms with Gasteiger partial charge in [0.25, 0.3) is 5.91 Å². The van der Waals surface area contributed by atoms with Crippen LogP contribution in [-0.2, 0) is 11.3 Å². The van der Waals surface area contributed by atoms with Crippen LogP contribution in [0.25, 0.3) is 0 Å². The Morgan fingerprint density at radius 3 is 2.87 bits per heavy atom. The Morgan fingerprint density at radius 2 is 2.09 bits per heavy atom. The van der Waals surface area contributed by atoms with E-state index in [0.717, 1.165) is 12.1 Å². The predicted octanol–water partition coefficient (Wildman–Crippen LogP) is 2.57. The number of aromatic nitrogens is 3. The molecule has 1 aromatic heterocycles. The summed E-state index contributed by atoms with van der Waals surface area (Å²) in [7, 11) is 0. The number of fused-ring (bicyclic) bond motifs is 3. The van der Waals surface area contributed by atoms with E-state index in [4.69, 9.17) is 27.9 Å². The molecule has 0 unspecified atom stereocenters. The second-order valence-electron chi connectivity index (χ2n) is 5.72. The molecular formula is C15H14Cl2N4O2. The number of ether oxygens (including phenoxy) is 1. The van der Waals surface area contributed by atoms with Gasteiger partial charge in [0, 0.05) is 13.1 Å². The maximum absolute atomic E-state index is 12.8. The van der Waals surface area contributed by atoms with Crippen LogP contribution in [-0.4, -0.2) is 45.0 Å². The van der Waals surface area contributed by atoms with Crippen molar-refractivity contribution in [2.24, 2.45) is 0 Å². The molecule has 8 heteroatoms. The van der Waals surface area contributed by atoms with Gasteiger partial charge < -0.3 is 9.64 Å². The van der Waals surface area contributed by atoms with E-state index in [1.807, 2.05) is 4.68 Å². The molecule has 2 aliphatic rings. The molecule has 2 aromatic rings. The molecule has 0 spiro atoms. The first-order valence-electron chi connectivity index (χ1n) is 7.39. The summed E-state index contributed by atoms with van der Waals surface area (Å²) in [4.78, 5) is 14.5. The van der Waals surface area contributed by atoms with Crippen molar-refractivity contribution in [1.29, 1.82) is 0 Å². The zero-order chi connectivity index (χ0) is 16.0. The first-order valence-corrected chi connectivity index (χ1v) is 8.14. The number of rotatable bonds is 1. The SMILES string of the molecule is O=C(c1c(Cl)cccc1Cl)N1CC[C@H]2[C@H](C1)OCc1cnnn12. The van der Waals surface area contributed by atoms with Crippen LogP contribution in [0.2, 0.25) is 10.0 Å². The van der Waals surface area contributed by atoms with Crippen LogP contribution < -0.4 is 0 Å². The molecule has 0 N–H and O–H groups in total. The van der Waals surface area contributed by atoms with Crippen LogP contribution in [0.1, 0.15) is 28.5 Å². The normalized spacial score (nSPS) is 23.3. The lowest BCUT2D eigenvalue weighted by molar-refractivity contribution is -0.0627. The van der Waals surface area contributed by atoms with Crippen molar-refractivity contribution >= 4 is 29.1 Å². The fourth-order valence-corrected chi connectivity index (χ4v) is 3.79. The summed E-state index contributed by atoms with van der Waals surface area (Å²) >= 11 is 12.3. The minimum Gasteiger partial charge on any atom is -0.368 e. The van der Waals surface area contributed by atoms with Crippen molar-refractivity contribution in [3.8, 4) is 0 Å². The molecule has 1 fully saturated rings. The van der Waals surface area contributed by atoms with Crippen LogP contribution in [0.15, 0.2) is 24.4 Å². The number of carbonyl (C=O) groups excluding carboxylic acids is 1. The Labute approximate surface area is 142 Å². The number of nitrogens with zero attached hydrogens (tertiary/aromatic N) is 4. The van der Waals surface area contributed by atoms with Gasteiger partial charge >= 0.3 is 0 Å². The second kappa shape index (κ2) is 5.78. The van der Waals surface area contributed by atoms with E-state index in [1.165, 1.54) is 0 Å². The summed E-state index contributed by atoms with van der Waals surface area (Å²) in [6, 6.07) is 5.19. The van der Waals surface area contributed by atoms with E-state index >= 15 is 0 Å². The lowest BCUT2D eigenvalue weighted by Gasteiger charge is -2.41. The lowest BCUT2D eigenvalue weighted by atomic mass is 9.99. The average molecular weight is 353 g/mol. The summed E-state index contributed by atoms with van der Waals surface area (Å²) in [5, 5.41) is 8.81. The van der Waals surface area contributed by atoms with Crippen molar-refractivity contribution in [3.05, 3.63) is 45.7 Å². The van der Waals surface area contributed by atoms with Crippen molar-refractivity contribution in [2.75, 3.05) is 13.1 Å². The maximum atomic E-state index is 12.8. The Morgan fingerprint density at radius 1 is 1.30 bits per heavy atom. The van der Waals surface area contributed by atoms with E-state index in [0.29, 0.717) is 35.3 Å².